The lowest BCUT2D eigenvalue weighted by molar-refractivity contribution is 0.413. The average Bonchev–Trinajstić information content (AvgIpc) is 2.42. The summed E-state index contributed by atoms with van der Waals surface area (Å²) in [6.45, 7) is 2.42. The zero-order valence-corrected chi connectivity index (χ0v) is 9.63. The molecule has 0 nitrogen and oxygen atoms in total. The molecule has 1 aromatic carbocycles. The van der Waals surface area contributed by atoms with E-state index in [0.717, 1.165) is 11.8 Å². The Kier molecular flexibility index (Phi) is 2.31. The van der Waals surface area contributed by atoms with Gasteiger partial charge in [-0.3, -0.25) is 0 Å². The van der Waals surface area contributed by atoms with Gasteiger partial charge < -0.3 is 0 Å². The third-order valence-electron chi connectivity index (χ3n) is 4.20. The van der Waals surface area contributed by atoms with Gasteiger partial charge >= 0.3 is 0 Å². The molecule has 0 amide bonds. The molecule has 2 atom stereocenters. The van der Waals surface area contributed by atoms with Gasteiger partial charge in [0.15, 0.2) is 0 Å². The van der Waals surface area contributed by atoms with E-state index in [1.54, 1.807) is 16.7 Å². The second-order valence-corrected chi connectivity index (χ2v) is 5.48. The third kappa shape index (κ3) is 1.60. The largest absolute Gasteiger partial charge is 0.0622 e. The molecule has 0 saturated carbocycles. The van der Waals surface area contributed by atoms with Crippen LogP contribution in [0.4, 0.5) is 0 Å². The standard InChI is InChI=1S/C15H20/c1-11-9-13-6-3-2-5-12-7-4-8-14(10-11)15(12)13/h4,7-8,11,13H,2-3,5-6,9-10H2,1H3. The summed E-state index contributed by atoms with van der Waals surface area (Å²) in [5.41, 5.74) is 5.09. The van der Waals surface area contributed by atoms with E-state index in [4.69, 9.17) is 0 Å². The van der Waals surface area contributed by atoms with Gasteiger partial charge in [0, 0.05) is 0 Å². The summed E-state index contributed by atoms with van der Waals surface area (Å²) in [7, 11) is 0. The van der Waals surface area contributed by atoms with Crippen LogP contribution < -0.4 is 0 Å². The van der Waals surface area contributed by atoms with Crippen molar-refractivity contribution in [3.05, 3.63) is 34.9 Å². The molecule has 80 valence electrons. The minimum atomic E-state index is 0.891. The van der Waals surface area contributed by atoms with E-state index in [0.29, 0.717) is 0 Å². The van der Waals surface area contributed by atoms with E-state index in [2.05, 4.69) is 25.1 Å². The van der Waals surface area contributed by atoms with Crippen molar-refractivity contribution in [2.45, 2.75) is 51.4 Å². The maximum Gasteiger partial charge on any atom is -0.0154 e. The predicted octanol–water partition coefficient (Wildman–Crippen LogP) is 4.08. The second-order valence-electron chi connectivity index (χ2n) is 5.48. The molecule has 0 N–H and O–H groups in total. The van der Waals surface area contributed by atoms with E-state index >= 15 is 0 Å². The molecular formula is C15H20. The summed E-state index contributed by atoms with van der Waals surface area (Å²) in [6.07, 6.45) is 8.36. The Labute approximate surface area is 92.7 Å². The van der Waals surface area contributed by atoms with E-state index < -0.39 is 0 Å². The van der Waals surface area contributed by atoms with Crippen molar-refractivity contribution in [2.75, 3.05) is 0 Å². The first kappa shape index (κ1) is 9.45. The Hall–Kier alpha value is -0.780. The van der Waals surface area contributed by atoms with Gasteiger partial charge in [0.1, 0.15) is 0 Å². The second kappa shape index (κ2) is 3.66. The maximum atomic E-state index is 2.42. The molecule has 0 saturated heterocycles. The van der Waals surface area contributed by atoms with Crippen LogP contribution in [-0.4, -0.2) is 0 Å². The van der Waals surface area contributed by atoms with Crippen molar-refractivity contribution < 1.29 is 0 Å². The quantitative estimate of drug-likeness (QED) is 0.592. The van der Waals surface area contributed by atoms with Gasteiger partial charge in [0.2, 0.25) is 0 Å². The molecule has 0 radical (unpaired) electrons. The van der Waals surface area contributed by atoms with Crippen LogP contribution >= 0.6 is 0 Å². The van der Waals surface area contributed by atoms with Gasteiger partial charge in [-0.05, 0) is 60.6 Å². The Morgan fingerprint density at radius 1 is 1.13 bits per heavy atom. The molecular weight excluding hydrogens is 180 g/mol. The first-order chi connectivity index (χ1) is 7.34. The molecule has 0 heteroatoms. The topological polar surface area (TPSA) is 0 Å². The fourth-order valence-electron chi connectivity index (χ4n) is 3.62. The van der Waals surface area contributed by atoms with Crippen LogP contribution in [0.15, 0.2) is 18.2 Å². The van der Waals surface area contributed by atoms with Gasteiger partial charge in [-0.25, -0.2) is 0 Å². The number of aryl methyl sites for hydroxylation is 1. The molecule has 2 unspecified atom stereocenters. The molecule has 3 rings (SSSR count). The van der Waals surface area contributed by atoms with Crippen molar-refractivity contribution in [1.82, 2.24) is 0 Å². The first-order valence-electron chi connectivity index (χ1n) is 6.45. The minimum Gasteiger partial charge on any atom is -0.0622 e. The SMILES string of the molecule is CC1Cc2cccc3c2C(CCCC3)C1. The van der Waals surface area contributed by atoms with Crippen LogP contribution in [0.2, 0.25) is 0 Å². The third-order valence-corrected chi connectivity index (χ3v) is 4.20. The van der Waals surface area contributed by atoms with Gasteiger partial charge in [-0.2, -0.15) is 0 Å². The highest BCUT2D eigenvalue weighted by Gasteiger charge is 2.27. The Balaban J connectivity index is 2.11. The molecule has 2 aliphatic carbocycles. The fraction of sp³-hybridized carbons (Fsp3) is 0.600. The van der Waals surface area contributed by atoms with Crippen molar-refractivity contribution >= 4 is 0 Å². The van der Waals surface area contributed by atoms with Crippen molar-refractivity contribution in [3.63, 3.8) is 0 Å². The molecule has 2 aliphatic rings. The maximum absolute atomic E-state index is 2.42. The number of hydrogen-bond acceptors (Lipinski definition) is 0. The van der Waals surface area contributed by atoms with Crippen LogP contribution in [0.5, 0.6) is 0 Å². The van der Waals surface area contributed by atoms with Gasteiger partial charge in [0.25, 0.3) is 0 Å². The summed E-state index contributed by atoms with van der Waals surface area (Å²) in [5.74, 6) is 1.79. The lowest BCUT2D eigenvalue weighted by Gasteiger charge is -2.30. The minimum absolute atomic E-state index is 0.891. The van der Waals surface area contributed by atoms with Crippen molar-refractivity contribution in [2.24, 2.45) is 5.92 Å². The molecule has 0 heterocycles. The number of hydrogen-bond donors (Lipinski definition) is 0. The molecule has 0 fully saturated rings. The van der Waals surface area contributed by atoms with E-state index in [-0.39, 0.29) is 0 Å². The van der Waals surface area contributed by atoms with Gasteiger partial charge in [0.05, 0.1) is 0 Å². The van der Waals surface area contributed by atoms with Crippen LogP contribution in [0.1, 0.15) is 55.2 Å². The normalized spacial score (nSPS) is 29.4. The zero-order chi connectivity index (χ0) is 10.3. The summed E-state index contributed by atoms with van der Waals surface area (Å²) < 4.78 is 0. The molecule has 15 heavy (non-hydrogen) atoms. The summed E-state index contributed by atoms with van der Waals surface area (Å²) in [6, 6.07) is 7.01. The summed E-state index contributed by atoms with van der Waals surface area (Å²) >= 11 is 0. The highest BCUT2D eigenvalue weighted by Crippen LogP contribution is 2.41. The van der Waals surface area contributed by atoms with E-state index in [9.17, 15) is 0 Å². The highest BCUT2D eigenvalue weighted by atomic mass is 14.3. The Morgan fingerprint density at radius 3 is 2.93 bits per heavy atom. The lowest BCUT2D eigenvalue weighted by atomic mass is 9.75. The summed E-state index contributed by atoms with van der Waals surface area (Å²) in [5, 5.41) is 0. The van der Waals surface area contributed by atoms with E-state index in [1.165, 1.54) is 38.5 Å². The molecule has 0 aromatic heterocycles. The Morgan fingerprint density at radius 2 is 2.00 bits per heavy atom. The smallest absolute Gasteiger partial charge is 0.0154 e. The molecule has 0 bridgehead atoms. The Bertz CT molecular complexity index is 364. The lowest BCUT2D eigenvalue weighted by Crippen LogP contribution is -2.17. The van der Waals surface area contributed by atoms with Crippen LogP contribution in [-0.2, 0) is 12.8 Å². The number of rotatable bonds is 0. The molecule has 0 aliphatic heterocycles. The molecule has 0 spiro atoms. The van der Waals surface area contributed by atoms with Crippen molar-refractivity contribution in [3.8, 4) is 0 Å². The fourth-order valence-corrected chi connectivity index (χ4v) is 3.62. The van der Waals surface area contributed by atoms with Gasteiger partial charge in [-0.1, -0.05) is 31.5 Å². The monoisotopic (exact) mass is 200 g/mol. The van der Waals surface area contributed by atoms with Crippen LogP contribution in [0.25, 0.3) is 0 Å². The predicted molar refractivity (Wildman–Crippen MR) is 64.2 cm³/mol. The summed E-state index contributed by atoms with van der Waals surface area (Å²) in [4.78, 5) is 0. The van der Waals surface area contributed by atoms with Gasteiger partial charge in [-0.15, -0.1) is 0 Å². The van der Waals surface area contributed by atoms with Crippen molar-refractivity contribution in [1.29, 1.82) is 0 Å². The molecule has 1 aromatic rings. The number of benzene rings is 1. The van der Waals surface area contributed by atoms with Crippen LogP contribution in [0, 0.1) is 5.92 Å². The van der Waals surface area contributed by atoms with Crippen LogP contribution in [0.3, 0.4) is 0 Å². The zero-order valence-electron chi connectivity index (χ0n) is 9.63. The average molecular weight is 200 g/mol. The first-order valence-corrected chi connectivity index (χ1v) is 6.45. The highest BCUT2D eigenvalue weighted by molar-refractivity contribution is 5.41. The van der Waals surface area contributed by atoms with E-state index in [1.807, 2.05) is 0 Å².